The Morgan fingerprint density at radius 1 is 1.07 bits per heavy atom. The SMILES string of the molecule is CNC1(N)CCN(N2CCOCC2)CC1. The molecular weight excluding hydrogens is 192 g/mol. The van der Waals surface area contributed by atoms with Gasteiger partial charge in [0.2, 0.25) is 0 Å². The van der Waals surface area contributed by atoms with Gasteiger partial charge < -0.3 is 15.8 Å². The fourth-order valence-electron chi connectivity index (χ4n) is 2.26. The highest BCUT2D eigenvalue weighted by Gasteiger charge is 2.31. The summed E-state index contributed by atoms with van der Waals surface area (Å²) in [5, 5.41) is 8.03. The molecular formula is C10H22N4O. The Morgan fingerprint density at radius 3 is 2.13 bits per heavy atom. The van der Waals surface area contributed by atoms with Crippen LogP contribution in [0.1, 0.15) is 12.8 Å². The number of nitrogens with one attached hydrogen (secondary N) is 1. The Morgan fingerprint density at radius 2 is 1.60 bits per heavy atom. The van der Waals surface area contributed by atoms with Crippen molar-refractivity contribution in [1.82, 2.24) is 15.3 Å². The van der Waals surface area contributed by atoms with Crippen molar-refractivity contribution < 1.29 is 4.74 Å². The van der Waals surface area contributed by atoms with Gasteiger partial charge in [-0.05, 0) is 19.9 Å². The van der Waals surface area contributed by atoms with Gasteiger partial charge in [-0.3, -0.25) is 0 Å². The fraction of sp³-hybridized carbons (Fsp3) is 1.00. The molecule has 0 aromatic heterocycles. The molecule has 0 aromatic carbocycles. The Bertz CT molecular complexity index is 198. The first-order valence-electron chi connectivity index (χ1n) is 5.79. The molecule has 0 saturated carbocycles. The summed E-state index contributed by atoms with van der Waals surface area (Å²) in [5.74, 6) is 0. The molecule has 88 valence electrons. The zero-order valence-electron chi connectivity index (χ0n) is 9.54. The van der Waals surface area contributed by atoms with Crippen LogP contribution in [0.2, 0.25) is 0 Å². The van der Waals surface area contributed by atoms with Gasteiger partial charge in [-0.15, -0.1) is 0 Å². The second-order valence-corrected chi connectivity index (χ2v) is 4.43. The molecule has 2 fully saturated rings. The third-order valence-corrected chi connectivity index (χ3v) is 3.52. The highest BCUT2D eigenvalue weighted by Crippen LogP contribution is 2.18. The van der Waals surface area contributed by atoms with Crippen LogP contribution in [0.4, 0.5) is 0 Å². The number of nitrogens with zero attached hydrogens (tertiary/aromatic N) is 2. The summed E-state index contributed by atoms with van der Waals surface area (Å²) in [4.78, 5) is 0. The molecule has 0 aromatic rings. The van der Waals surface area contributed by atoms with E-state index < -0.39 is 0 Å². The molecule has 0 spiro atoms. The monoisotopic (exact) mass is 214 g/mol. The summed E-state index contributed by atoms with van der Waals surface area (Å²) in [7, 11) is 1.95. The lowest BCUT2D eigenvalue weighted by atomic mass is 9.99. The highest BCUT2D eigenvalue weighted by molar-refractivity contribution is 4.86. The highest BCUT2D eigenvalue weighted by atomic mass is 16.5. The van der Waals surface area contributed by atoms with E-state index in [1.54, 1.807) is 0 Å². The van der Waals surface area contributed by atoms with Gasteiger partial charge in [0.1, 0.15) is 0 Å². The van der Waals surface area contributed by atoms with Crippen LogP contribution < -0.4 is 11.1 Å². The number of ether oxygens (including phenoxy) is 1. The van der Waals surface area contributed by atoms with Crippen LogP contribution in [0.3, 0.4) is 0 Å². The molecule has 0 aliphatic carbocycles. The first-order valence-corrected chi connectivity index (χ1v) is 5.79. The van der Waals surface area contributed by atoms with E-state index in [0.29, 0.717) is 0 Å². The van der Waals surface area contributed by atoms with Gasteiger partial charge in [0, 0.05) is 26.2 Å². The molecule has 2 saturated heterocycles. The smallest absolute Gasteiger partial charge is 0.0685 e. The van der Waals surface area contributed by atoms with Gasteiger partial charge >= 0.3 is 0 Å². The van der Waals surface area contributed by atoms with Gasteiger partial charge in [0.05, 0.1) is 18.9 Å². The van der Waals surface area contributed by atoms with E-state index in [-0.39, 0.29) is 5.66 Å². The summed E-state index contributed by atoms with van der Waals surface area (Å²) in [6.45, 7) is 5.87. The summed E-state index contributed by atoms with van der Waals surface area (Å²) in [6.07, 6.45) is 2.03. The minimum Gasteiger partial charge on any atom is -0.379 e. The van der Waals surface area contributed by atoms with Crippen LogP contribution in [0, 0.1) is 0 Å². The number of hydrogen-bond acceptors (Lipinski definition) is 5. The van der Waals surface area contributed by atoms with Crippen molar-refractivity contribution in [2.24, 2.45) is 5.73 Å². The number of nitrogens with two attached hydrogens (primary N) is 1. The number of piperidine rings is 1. The summed E-state index contributed by atoms with van der Waals surface area (Å²) >= 11 is 0. The minimum atomic E-state index is -0.150. The van der Waals surface area contributed by atoms with E-state index in [9.17, 15) is 0 Å². The molecule has 0 atom stereocenters. The maximum absolute atomic E-state index is 6.17. The Balaban J connectivity index is 1.82. The lowest BCUT2D eigenvalue weighted by Gasteiger charge is -2.44. The van der Waals surface area contributed by atoms with E-state index in [0.717, 1.165) is 52.2 Å². The van der Waals surface area contributed by atoms with Gasteiger partial charge in [-0.1, -0.05) is 0 Å². The molecule has 5 nitrogen and oxygen atoms in total. The van der Waals surface area contributed by atoms with Crippen LogP contribution in [0.25, 0.3) is 0 Å². The number of rotatable bonds is 2. The van der Waals surface area contributed by atoms with Gasteiger partial charge in [-0.2, -0.15) is 0 Å². The van der Waals surface area contributed by atoms with Crippen LogP contribution >= 0.6 is 0 Å². The first-order chi connectivity index (χ1) is 7.23. The quantitative estimate of drug-likeness (QED) is 0.590. The van der Waals surface area contributed by atoms with E-state index in [4.69, 9.17) is 10.5 Å². The van der Waals surface area contributed by atoms with Crippen molar-refractivity contribution in [2.75, 3.05) is 46.4 Å². The Kier molecular flexibility index (Phi) is 3.58. The molecule has 0 amide bonds. The second-order valence-electron chi connectivity index (χ2n) is 4.43. The van der Waals surface area contributed by atoms with E-state index in [1.165, 1.54) is 0 Å². The standard InChI is InChI=1S/C10H22N4O/c1-12-10(11)2-4-13(5-3-10)14-6-8-15-9-7-14/h12H,2-9,11H2,1H3. The molecule has 2 heterocycles. The topological polar surface area (TPSA) is 53.8 Å². The predicted octanol–water partition coefficient (Wildman–Crippen LogP) is -0.796. The first kappa shape index (κ1) is 11.3. The van der Waals surface area contributed by atoms with Gasteiger partial charge in [0.25, 0.3) is 0 Å². The lowest BCUT2D eigenvalue weighted by Crippen LogP contribution is -2.61. The molecule has 0 bridgehead atoms. The largest absolute Gasteiger partial charge is 0.379 e. The van der Waals surface area contributed by atoms with E-state index >= 15 is 0 Å². The molecule has 0 radical (unpaired) electrons. The summed E-state index contributed by atoms with van der Waals surface area (Å²) in [5.41, 5.74) is 6.02. The van der Waals surface area contributed by atoms with Gasteiger partial charge in [0.15, 0.2) is 0 Å². The van der Waals surface area contributed by atoms with Crippen LogP contribution in [-0.4, -0.2) is 62.1 Å². The lowest BCUT2D eigenvalue weighted by molar-refractivity contribution is -0.107. The van der Waals surface area contributed by atoms with Crippen molar-refractivity contribution in [3.8, 4) is 0 Å². The van der Waals surface area contributed by atoms with Crippen molar-refractivity contribution in [1.29, 1.82) is 0 Å². The Hall–Kier alpha value is -0.200. The molecule has 2 rings (SSSR count). The summed E-state index contributed by atoms with van der Waals surface area (Å²) < 4.78 is 5.35. The Labute approximate surface area is 91.5 Å². The van der Waals surface area contributed by atoms with E-state index in [1.807, 2.05) is 7.05 Å². The zero-order chi connectivity index (χ0) is 10.7. The molecule has 15 heavy (non-hydrogen) atoms. The third-order valence-electron chi connectivity index (χ3n) is 3.52. The second kappa shape index (κ2) is 4.76. The van der Waals surface area contributed by atoms with Crippen molar-refractivity contribution in [3.63, 3.8) is 0 Å². The molecule has 5 heteroatoms. The van der Waals surface area contributed by atoms with Crippen molar-refractivity contribution in [2.45, 2.75) is 18.5 Å². The normalized spacial score (nSPS) is 29.2. The van der Waals surface area contributed by atoms with Crippen LogP contribution in [0.5, 0.6) is 0 Å². The minimum absolute atomic E-state index is 0.150. The van der Waals surface area contributed by atoms with Crippen LogP contribution in [-0.2, 0) is 4.74 Å². The predicted molar refractivity (Wildman–Crippen MR) is 59.2 cm³/mol. The third kappa shape index (κ3) is 2.68. The molecule has 0 unspecified atom stereocenters. The van der Waals surface area contributed by atoms with Gasteiger partial charge in [-0.25, -0.2) is 10.0 Å². The van der Waals surface area contributed by atoms with E-state index in [2.05, 4.69) is 15.3 Å². The maximum atomic E-state index is 6.17. The fourth-order valence-corrected chi connectivity index (χ4v) is 2.26. The summed E-state index contributed by atoms with van der Waals surface area (Å²) in [6, 6.07) is 0. The average molecular weight is 214 g/mol. The van der Waals surface area contributed by atoms with Crippen molar-refractivity contribution in [3.05, 3.63) is 0 Å². The van der Waals surface area contributed by atoms with Crippen molar-refractivity contribution >= 4 is 0 Å². The average Bonchev–Trinajstić information content (AvgIpc) is 2.31. The number of hydrazine groups is 1. The maximum Gasteiger partial charge on any atom is 0.0685 e. The molecule has 2 aliphatic heterocycles. The molecule has 3 N–H and O–H groups in total. The number of hydrogen-bond donors (Lipinski definition) is 2. The van der Waals surface area contributed by atoms with Crippen LogP contribution in [0.15, 0.2) is 0 Å². The number of morpholine rings is 1. The zero-order valence-corrected chi connectivity index (χ0v) is 9.54. The molecule has 2 aliphatic rings.